The molecule has 0 heterocycles. The maximum atomic E-state index is 9.04. The zero-order chi connectivity index (χ0) is 12.3. The lowest BCUT2D eigenvalue weighted by Crippen LogP contribution is -2.31. The lowest BCUT2D eigenvalue weighted by atomic mass is 9.93. The normalized spacial score (nSPS) is 24.1. The van der Waals surface area contributed by atoms with Crippen molar-refractivity contribution in [1.82, 2.24) is 0 Å². The average molecular weight is 251 g/mol. The fraction of sp³-hybridized carbons (Fsp3) is 0.462. The molecule has 0 saturated heterocycles. The summed E-state index contributed by atoms with van der Waals surface area (Å²) in [5, 5.41) is 9.48. The predicted molar refractivity (Wildman–Crippen MR) is 67.0 cm³/mol. The number of hydrogen-bond acceptors (Lipinski definition) is 3. The summed E-state index contributed by atoms with van der Waals surface area (Å²) in [7, 11) is 0. The van der Waals surface area contributed by atoms with Crippen LogP contribution in [0.2, 0.25) is 5.02 Å². The van der Waals surface area contributed by atoms with Gasteiger partial charge in [-0.3, -0.25) is 0 Å². The summed E-state index contributed by atoms with van der Waals surface area (Å²) < 4.78 is 5.84. The molecule has 2 rings (SSSR count). The van der Waals surface area contributed by atoms with Gasteiger partial charge in [0.25, 0.3) is 0 Å². The van der Waals surface area contributed by atoms with Gasteiger partial charge in [-0.2, -0.15) is 5.26 Å². The van der Waals surface area contributed by atoms with Crippen LogP contribution in [0, 0.1) is 11.3 Å². The zero-order valence-electron chi connectivity index (χ0n) is 9.53. The summed E-state index contributed by atoms with van der Waals surface area (Å²) in [5.74, 6) is 0.584. The van der Waals surface area contributed by atoms with E-state index in [2.05, 4.69) is 6.07 Å². The highest BCUT2D eigenvalue weighted by atomic mass is 35.5. The maximum absolute atomic E-state index is 9.04. The first kappa shape index (κ1) is 12.2. The Morgan fingerprint density at radius 1 is 1.29 bits per heavy atom. The molecular formula is C13H15ClN2O. The van der Waals surface area contributed by atoms with Gasteiger partial charge in [-0.05, 0) is 37.8 Å². The van der Waals surface area contributed by atoms with Gasteiger partial charge >= 0.3 is 0 Å². The van der Waals surface area contributed by atoms with Gasteiger partial charge in [0.05, 0.1) is 11.1 Å². The molecule has 1 saturated carbocycles. The number of nitrogens with two attached hydrogens (primary N) is 1. The van der Waals surface area contributed by atoms with Crippen molar-refractivity contribution in [3.63, 3.8) is 0 Å². The first-order valence-corrected chi connectivity index (χ1v) is 6.19. The Balaban J connectivity index is 2.09. The van der Waals surface area contributed by atoms with Crippen LogP contribution in [0.15, 0.2) is 18.2 Å². The van der Waals surface area contributed by atoms with Gasteiger partial charge in [-0.1, -0.05) is 17.7 Å². The lowest BCUT2D eigenvalue weighted by Gasteiger charge is -2.27. The molecule has 1 aromatic rings. The monoisotopic (exact) mass is 250 g/mol. The summed E-state index contributed by atoms with van der Waals surface area (Å²) in [6.45, 7) is 0. The fourth-order valence-corrected chi connectivity index (χ4v) is 2.31. The highest BCUT2D eigenvalue weighted by molar-refractivity contribution is 6.31. The molecule has 90 valence electrons. The van der Waals surface area contributed by atoms with Crippen LogP contribution in [-0.2, 0) is 0 Å². The van der Waals surface area contributed by atoms with Gasteiger partial charge in [-0.15, -0.1) is 0 Å². The van der Waals surface area contributed by atoms with Crippen LogP contribution in [0.25, 0.3) is 0 Å². The minimum atomic E-state index is 0.153. The van der Waals surface area contributed by atoms with Crippen LogP contribution in [0.5, 0.6) is 5.75 Å². The number of ether oxygens (including phenoxy) is 1. The SMILES string of the molecule is N#Cc1c(Cl)cccc1OC1CCC(N)CC1. The van der Waals surface area contributed by atoms with Crippen LogP contribution in [-0.4, -0.2) is 12.1 Å². The topological polar surface area (TPSA) is 59.0 Å². The summed E-state index contributed by atoms with van der Waals surface area (Å²) in [6.07, 6.45) is 4.00. The van der Waals surface area contributed by atoms with Gasteiger partial charge in [0.2, 0.25) is 0 Å². The largest absolute Gasteiger partial charge is 0.489 e. The van der Waals surface area contributed by atoms with Gasteiger partial charge < -0.3 is 10.5 Å². The van der Waals surface area contributed by atoms with Crippen molar-refractivity contribution in [3.05, 3.63) is 28.8 Å². The molecule has 0 aliphatic heterocycles. The first-order chi connectivity index (χ1) is 8.20. The molecule has 17 heavy (non-hydrogen) atoms. The van der Waals surface area contributed by atoms with E-state index in [1.54, 1.807) is 18.2 Å². The number of benzene rings is 1. The third kappa shape index (κ3) is 2.91. The van der Waals surface area contributed by atoms with E-state index in [1.807, 2.05) is 0 Å². The highest BCUT2D eigenvalue weighted by Crippen LogP contribution is 2.29. The number of hydrogen-bond donors (Lipinski definition) is 1. The van der Waals surface area contributed by atoms with Crippen LogP contribution in [0.3, 0.4) is 0 Å². The van der Waals surface area contributed by atoms with Crippen LogP contribution < -0.4 is 10.5 Å². The summed E-state index contributed by atoms with van der Waals surface area (Å²) in [5.41, 5.74) is 6.26. The van der Waals surface area contributed by atoms with E-state index in [9.17, 15) is 0 Å². The van der Waals surface area contributed by atoms with Crippen molar-refractivity contribution in [1.29, 1.82) is 5.26 Å². The predicted octanol–water partition coefficient (Wildman–Crippen LogP) is 2.86. The second kappa shape index (κ2) is 5.39. The van der Waals surface area contributed by atoms with E-state index in [-0.39, 0.29) is 6.10 Å². The molecule has 4 heteroatoms. The molecule has 0 amide bonds. The number of nitrogens with zero attached hydrogens (tertiary/aromatic N) is 1. The Morgan fingerprint density at radius 3 is 2.65 bits per heavy atom. The average Bonchev–Trinajstić information content (AvgIpc) is 2.32. The van der Waals surface area contributed by atoms with Crippen LogP contribution in [0.4, 0.5) is 0 Å². The number of rotatable bonds is 2. The quantitative estimate of drug-likeness (QED) is 0.878. The third-order valence-corrected chi connectivity index (χ3v) is 3.41. The summed E-state index contributed by atoms with van der Waals surface area (Å²) >= 11 is 5.95. The molecule has 1 aliphatic carbocycles. The van der Waals surface area contributed by atoms with E-state index in [0.717, 1.165) is 25.7 Å². The molecule has 1 fully saturated rings. The molecule has 1 aliphatic rings. The minimum absolute atomic E-state index is 0.153. The molecule has 2 N–H and O–H groups in total. The molecule has 0 bridgehead atoms. The van der Waals surface area contributed by atoms with E-state index < -0.39 is 0 Å². The zero-order valence-corrected chi connectivity index (χ0v) is 10.3. The minimum Gasteiger partial charge on any atom is -0.489 e. The van der Waals surface area contributed by atoms with Crippen molar-refractivity contribution in [2.75, 3.05) is 0 Å². The first-order valence-electron chi connectivity index (χ1n) is 5.81. The smallest absolute Gasteiger partial charge is 0.139 e. The Labute approximate surface area is 106 Å². The third-order valence-electron chi connectivity index (χ3n) is 3.10. The maximum Gasteiger partial charge on any atom is 0.139 e. The van der Waals surface area contributed by atoms with E-state index >= 15 is 0 Å². The second-order valence-electron chi connectivity index (χ2n) is 4.38. The molecule has 0 spiro atoms. The summed E-state index contributed by atoms with van der Waals surface area (Å²) in [4.78, 5) is 0. The molecule has 0 unspecified atom stereocenters. The van der Waals surface area contributed by atoms with E-state index in [4.69, 9.17) is 27.3 Å². The lowest BCUT2D eigenvalue weighted by molar-refractivity contribution is 0.147. The fourth-order valence-electron chi connectivity index (χ4n) is 2.10. The summed E-state index contributed by atoms with van der Waals surface area (Å²) in [6, 6.07) is 7.66. The van der Waals surface area contributed by atoms with Gasteiger partial charge in [0.1, 0.15) is 17.4 Å². The Bertz CT molecular complexity index is 434. The molecule has 3 nitrogen and oxygen atoms in total. The molecule has 1 aromatic carbocycles. The van der Waals surface area contributed by atoms with Crippen molar-refractivity contribution in [3.8, 4) is 11.8 Å². The van der Waals surface area contributed by atoms with Crippen molar-refractivity contribution < 1.29 is 4.74 Å². The Kier molecular flexibility index (Phi) is 3.88. The Morgan fingerprint density at radius 2 is 2.00 bits per heavy atom. The molecule has 0 aromatic heterocycles. The number of halogens is 1. The molecular weight excluding hydrogens is 236 g/mol. The highest BCUT2D eigenvalue weighted by Gasteiger charge is 2.21. The second-order valence-corrected chi connectivity index (χ2v) is 4.79. The van der Waals surface area contributed by atoms with Gasteiger partial charge in [0.15, 0.2) is 0 Å². The Hall–Kier alpha value is -1.24. The molecule has 0 radical (unpaired) electrons. The molecule has 0 atom stereocenters. The van der Waals surface area contributed by atoms with Gasteiger partial charge in [0, 0.05) is 6.04 Å². The van der Waals surface area contributed by atoms with Crippen molar-refractivity contribution in [2.24, 2.45) is 5.73 Å². The van der Waals surface area contributed by atoms with E-state index in [0.29, 0.717) is 22.4 Å². The number of nitriles is 1. The van der Waals surface area contributed by atoms with Gasteiger partial charge in [-0.25, -0.2) is 0 Å². The van der Waals surface area contributed by atoms with Crippen LogP contribution in [0.1, 0.15) is 31.2 Å². The van der Waals surface area contributed by atoms with Crippen LogP contribution >= 0.6 is 11.6 Å². The van der Waals surface area contributed by atoms with Crippen molar-refractivity contribution in [2.45, 2.75) is 37.8 Å². The van der Waals surface area contributed by atoms with E-state index in [1.165, 1.54) is 0 Å². The van der Waals surface area contributed by atoms with Crippen molar-refractivity contribution >= 4 is 11.6 Å². The standard InChI is InChI=1S/C13H15ClN2O/c14-12-2-1-3-13(11(12)8-15)17-10-6-4-9(16)5-7-10/h1-3,9-10H,4-7,16H2.